The van der Waals surface area contributed by atoms with E-state index in [-0.39, 0.29) is 0 Å². The average Bonchev–Trinajstić information content (AvgIpc) is 2.01. The molecule has 2 heteroatoms. The summed E-state index contributed by atoms with van der Waals surface area (Å²) < 4.78 is 5.77. The maximum absolute atomic E-state index is 5.77. The van der Waals surface area contributed by atoms with E-state index in [9.17, 15) is 0 Å². The van der Waals surface area contributed by atoms with Gasteiger partial charge in [0, 0.05) is 18.6 Å². The third-order valence-corrected chi connectivity index (χ3v) is 2.82. The average molecular weight is 199 g/mol. The molecule has 2 nitrogen and oxygen atoms in total. The Morgan fingerprint density at radius 3 is 2.50 bits per heavy atom. The van der Waals surface area contributed by atoms with Gasteiger partial charge in [-0.25, -0.2) is 0 Å². The third-order valence-electron chi connectivity index (χ3n) is 2.82. The van der Waals surface area contributed by atoms with Crippen molar-refractivity contribution in [2.75, 3.05) is 19.7 Å². The molecule has 1 atom stereocenters. The molecule has 1 unspecified atom stereocenters. The van der Waals surface area contributed by atoms with Crippen LogP contribution < -0.4 is 0 Å². The zero-order valence-electron chi connectivity index (χ0n) is 10.3. The van der Waals surface area contributed by atoms with Crippen LogP contribution in [0.15, 0.2) is 0 Å². The van der Waals surface area contributed by atoms with Gasteiger partial charge in [-0.1, -0.05) is 13.8 Å². The quantitative estimate of drug-likeness (QED) is 0.677. The molecule has 0 aliphatic carbocycles. The number of rotatable bonds is 2. The molecule has 0 aromatic carbocycles. The van der Waals surface area contributed by atoms with Crippen molar-refractivity contribution in [2.45, 2.75) is 52.7 Å². The molecule has 14 heavy (non-hydrogen) atoms. The Morgan fingerprint density at radius 1 is 1.36 bits per heavy atom. The predicted octanol–water partition coefficient (Wildman–Crippen LogP) is 2.53. The van der Waals surface area contributed by atoms with Crippen molar-refractivity contribution in [3.05, 3.63) is 0 Å². The van der Waals surface area contributed by atoms with Crippen LogP contribution in [0.4, 0.5) is 0 Å². The van der Waals surface area contributed by atoms with Crippen LogP contribution in [0.3, 0.4) is 0 Å². The lowest BCUT2D eigenvalue weighted by atomic mass is 10.0. The number of hydrogen-bond donors (Lipinski definition) is 0. The molecule has 1 saturated heterocycles. The van der Waals surface area contributed by atoms with Gasteiger partial charge in [0.25, 0.3) is 0 Å². The summed E-state index contributed by atoms with van der Waals surface area (Å²) in [6.45, 7) is 14.5. The molecule has 0 bridgehead atoms. The first kappa shape index (κ1) is 12.0. The molecule has 1 heterocycles. The monoisotopic (exact) mass is 199 g/mol. The zero-order chi connectivity index (χ0) is 10.8. The van der Waals surface area contributed by atoms with Gasteiger partial charge in [0.05, 0.1) is 12.7 Å². The normalized spacial score (nSPS) is 25.7. The summed E-state index contributed by atoms with van der Waals surface area (Å²) in [5.41, 5.74) is 0.291. The standard InChI is InChI=1S/C12H25NO/c1-10(2)8-11-9-13(6-7-14-11)12(3,4)5/h10-11H,6-9H2,1-5H3. The van der Waals surface area contributed by atoms with E-state index in [2.05, 4.69) is 39.5 Å². The minimum absolute atomic E-state index is 0.291. The lowest BCUT2D eigenvalue weighted by Gasteiger charge is -2.41. The fourth-order valence-corrected chi connectivity index (χ4v) is 2.00. The molecule has 0 spiro atoms. The molecule has 0 amide bonds. The highest BCUT2D eigenvalue weighted by Gasteiger charge is 2.28. The fraction of sp³-hybridized carbons (Fsp3) is 1.00. The van der Waals surface area contributed by atoms with E-state index in [0.29, 0.717) is 11.6 Å². The van der Waals surface area contributed by atoms with Gasteiger partial charge >= 0.3 is 0 Å². The van der Waals surface area contributed by atoms with Crippen LogP contribution in [0.1, 0.15) is 41.0 Å². The summed E-state index contributed by atoms with van der Waals surface area (Å²) in [6, 6.07) is 0. The van der Waals surface area contributed by atoms with Crippen LogP contribution >= 0.6 is 0 Å². The van der Waals surface area contributed by atoms with E-state index in [1.807, 2.05) is 0 Å². The van der Waals surface area contributed by atoms with Crippen molar-refractivity contribution in [2.24, 2.45) is 5.92 Å². The lowest BCUT2D eigenvalue weighted by Crippen LogP contribution is -2.51. The molecule has 0 N–H and O–H groups in total. The summed E-state index contributed by atoms with van der Waals surface area (Å²) in [5.74, 6) is 0.736. The van der Waals surface area contributed by atoms with Gasteiger partial charge in [-0.3, -0.25) is 4.90 Å². The van der Waals surface area contributed by atoms with E-state index in [4.69, 9.17) is 4.74 Å². The van der Waals surface area contributed by atoms with Crippen molar-refractivity contribution < 1.29 is 4.74 Å². The first-order valence-corrected chi connectivity index (χ1v) is 5.76. The van der Waals surface area contributed by atoms with Gasteiger partial charge in [-0.05, 0) is 33.1 Å². The second kappa shape index (κ2) is 4.63. The zero-order valence-corrected chi connectivity index (χ0v) is 10.3. The molecule has 0 saturated carbocycles. The molecule has 0 aromatic rings. The molecule has 0 aromatic heterocycles. The Hall–Kier alpha value is -0.0800. The van der Waals surface area contributed by atoms with Gasteiger partial charge in [-0.2, -0.15) is 0 Å². The Kier molecular flexibility index (Phi) is 3.96. The van der Waals surface area contributed by atoms with Crippen LogP contribution in [-0.4, -0.2) is 36.2 Å². The van der Waals surface area contributed by atoms with Gasteiger partial charge in [-0.15, -0.1) is 0 Å². The smallest absolute Gasteiger partial charge is 0.0705 e. The second-order valence-corrected chi connectivity index (χ2v) is 5.74. The molecular weight excluding hydrogens is 174 g/mol. The number of morpholine rings is 1. The summed E-state index contributed by atoms with van der Waals surface area (Å²) >= 11 is 0. The van der Waals surface area contributed by atoms with Crippen LogP contribution in [0.25, 0.3) is 0 Å². The molecule has 1 fully saturated rings. The summed E-state index contributed by atoms with van der Waals surface area (Å²) in [6.07, 6.45) is 1.63. The van der Waals surface area contributed by atoms with E-state index < -0.39 is 0 Å². The summed E-state index contributed by atoms with van der Waals surface area (Å²) in [4.78, 5) is 2.53. The third kappa shape index (κ3) is 3.58. The van der Waals surface area contributed by atoms with E-state index in [0.717, 1.165) is 25.6 Å². The van der Waals surface area contributed by atoms with Crippen molar-refractivity contribution in [3.8, 4) is 0 Å². The van der Waals surface area contributed by atoms with Crippen molar-refractivity contribution in [3.63, 3.8) is 0 Å². The predicted molar refractivity (Wildman–Crippen MR) is 60.5 cm³/mol. The molecule has 84 valence electrons. The Labute approximate surface area is 88.6 Å². The topological polar surface area (TPSA) is 12.5 Å². The van der Waals surface area contributed by atoms with Gasteiger partial charge < -0.3 is 4.74 Å². The van der Waals surface area contributed by atoms with Crippen LogP contribution in [0, 0.1) is 5.92 Å². The minimum atomic E-state index is 0.291. The van der Waals surface area contributed by atoms with E-state index >= 15 is 0 Å². The molecule has 1 rings (SSSR count). The molecular formula is C12H25NO. The summed E-state index contributed by atoms with van der Waals surface area (Å²) in [7, 11) is 0. The SMILES string of the molecule is CC(C)CC1CN(C(C)(C)C)CCO1. The van der Waals surface area contributed by atoms with Crippen molar-refractivity contribution >= 4 is 0 Å². The van der Waals surface area contributed by atoms with Gasteiger partial charge in [0.15, 0.2) is 0 Å². The number of ether oxygens (including phenoxy) is 1. The van der Waals surface area contributed by atoms with Gasteiger partial charge in [0.1, 0.15) is 0 Å². The van der Waals surface area contributed by atoms with E-state index in [1.165, 1.54) is 6.42 Å². The number of nitrogens with zero attached hydrogens (tertiary/aromatic N) is 1. The fourth-order valence-electron chi connectivity index (χ4n) is 2.00. The lowest BCUT2D eigenvalue weighted by molar-refractivity contribution is -0.0649. The molecule has 1 aliphatic rings. The van der Waals surface area contributed by atoms with E-state index in [1.54, 1.807) is 0 Å². The number of hydrogen-bond acceptors (Lipinski definition) is 2. The van der Waals surface area contributed by atoms with Crippen LogP contribution in [-0.2, 0) is 4.74 Å². The van der Waals surface area contributed by atoms with Crippen molar-refractivity contribution in [1.82, 2.24) is 4.90 Å². The van der Waals surface area contributed by atoms with Gasteiger partial charge in [0.2, 0.25) is 0 Å². The maximum Gasteiger partial charge on any atom is 0.0705 e. The maximum atomic E-state index is 5.77. The van der Waals surface area contributed by atoms with Crippen LogP contribution in [0.2, 0.25) is 0 Å². The highest BCUT2D eigenvalue weighted by atomic mass is 16.5. The second-order valence-electron chi connectivity index (χ2n) is 5.74. The molecule has 1 aliphatic heterocycles. The first-order chi connectivity index (χ1) is 6.39. The first-order valence-electron chi connectivity index (χ1n) is 5.76. The summed E-state index contributed by atoms with van der Waals surface area (Å²) in [5, 5.41) is 0. The molecule has 0 radical (unpaired) electrons. The van der Waals surface area contributed by atoms with Crippen molar-refractivity contribution in [1.29, 1.82) is 0 Å². The largest absolute Gasteiger partial charge is 0.376 e. The Bertz CT molecular complexity index is 172. The Balaban J connectivity index is 2.44. The highest BCUT2D eigenvalue weighted by Crippen LogP contribution is 2.20. The Morgan fingerprint density at radius 2 is 2.00 bits per heavy atom. The highest BCUT2D eigenvalue weighted by molar-refractivity contribution is 4.82. The van der Waals surface area contributed by atoms with Crippen LogP contribution in [0.5, 0.6) is 0 Å². The minimum Gasteiger partial charge on any atom is -0.376 e.